The molecule has 56 heavy (non-hydrogen) atoms. The molecule has 0 radical (unpaired) electrons. The van der Waals surface area contributed by atoms with Crippen LogP contribution in [0.3, 0.4) is 0 Å². The zero-order chi connectivity index (χ0) is 37.2. The standard InChI is InChI=1S/C54H36N2/c1-36-45-16-7-8-18-47(45)48-32-30-43(34-50(36)48)55(42-28-26-40(27-29-42)39-24-22-38(23-25-39)37-12-3-2-4-13-37)44-31-33-54-51(35-44)49-19-9-10-20-53(49)56(54)52-21-11-15-41-14-5-6-17-46(41)52/h2-35H,1H2. The number of para-hydroxylation sites is 1. The molecule has 10 aromatic rings. The molecule has 0 saturated carbocycles. The smallest absolute Gasteiger partial charge is 0.0542 e. The van der Waals surface area contributed by atoms with E-state index in [0.717, 1.165) is 22.6 Å². The zero-order valence-corrected chi connectivity index (χ0v) is 30.7. The lowest BCUT2D eigenvalue weighted by molar-refractivity contribution is 1.20. The maximum Gasteiger partial charge on any atom is 0.0542 e. The van der Waals surface area contributed by atoms with Crippen molar-refractivity contribution in [2.75, 3.05) is 4.90 Å². The van der Waals surface area contributed by atoms with Crippen molar-refractivity contribution in [3.05, 3.63) is 224 Å². The lowest BCUT2D eigenvalue weighted by Gasteiger charge is -2.26. The summed E-state index contributed by atoms with van der Waals surface area (Å²) >= 11 is 0. The summed E-state index contributed by atoms with van der Waals surface area (Å²) in [5, 5.41) is 4.90. The number of hydrogen-bond acceptors (Lipinski definition) is 1. The van der Waals surface area contributed by atoms with Crippen molar-refractivity contribution in [1.29, 1.82) is 0 Å². The predicted octanol–water partition coefficient (Wildman–Crippen LogP) is 14.8. The van der Waals surface area contributed by atoms with Crippen LogP contribution in [-0.4, -0.2) is 4.57 Å². The fourth-order valence-electron chi connectivity index (χ4n) is 8.78. The number of fused-ring (bicyclic) bond motifs is 7. The Hall–Kier alpha value is -7.42. The van der Waals surface area contributed by atoms with Crippen LogP contribution in [0.5, 0.6) is 0 Å². The first-order valence-electron chi connectivity index (χ1n) is 19.2. The minimum atomic E-state index is 1.07. The van der Waals surface area contributed by atoms with Gasteiger partial charge in [-0.1, -0.05) is 158 Å². The maximum atomic E-state index is 4.56. The normalized spacial score (nSPS) is 12.0. The molecule has 0 saturated heterocycles. The van der Waals surface area contributed by atoms with Gasteiger partial charge in [0.25, 0.3) is 0 Å². The first kappa shape index (κ1) is 32.0. The second-order valence-electron chi connectivity index (χ2n) is 14.6. The molecule has 1 heterocycles. The Balaban J connectivity index is 1.06. The monoisotopic (exact) mass is 712 g/mol. The summed E-state index contributed by atoms with van der Waals surface area (Å²) in [4.78, 5) is 2.39. The maximum absolute atomic E-state index is 4.56. The van der Waals surface area contributed by atoms with E-state index in [1.54, 1.807) is 0 Å². The Kier molecular flexibility index (Phi) is 7.36. The summed E-state index contributed by atoms with van der Waals surface area (Å²) in [6.45, 7) is 4.56. The van der Waals surface area contributed by atoms with Crippen molar-refractivity contribution in [1.82, 2.24) is 4.57 Å². The van der Waals surface area contributed by atoms with Crippen molar-refractivity contribution in [3.63, 3.8) is 0 Å². The molecule has 0 N–H and O–H groups in total. The number of aromatic nitrogens is 1. The third kappa shape index (κ3) is 5.11. The second-order valence-corrected chi connectivity index (χ2v) is 14.6. The largest absolute Gasteiger partial charge is 0.310 e. The van der Waals surface area contributed by atoms with Crippen molar-refractivity contribution in [2.24, 2.45) is 0 Å². The summed E-state index contributed by atoms with van der Waals surface area (Å²) < 4.78 is 2.43. The van der Waals surface area contributed by atoms with Gasteiger partial charge in [0.15, 0.2) is 0 Å². The van der Waals surface area contributed by atoms with Gasteiger partial charge in [0.1, 0.15) is 0 Å². The van der Waals surface area contributed by atoms with E-state index in [1.165, 1.54) is 82.8 Å². The molecule has 2 heteroatoms. The molecule has 11 rings (SSSR count). The van der Waals surface area contributed by atoms with Crippen molar-refractivity contribution < 1.29 is 0 Å². The molecule has 1 aliphatic rings. The van der Waals surface area contributed by atoms with Crippen LogP contribution < -0.4 is 4.90 Å². The molecule has 1 aromatic heterocycles. The van der Waals surface area contributed by atoms with Gasteiger partial charge in [0.05, 0.1) is 16.7 Å². The van der Waals surface area contributed by atoms with Gasteiger partial charge in [-0.25, -0.2) is 0 Å². The fourth-order valence-corrected chi connectivity index (χ4v) is 8.78. The van der Waals surface area contributed by atoms with Gasteiger partial charge < -0.3 is 9.47 Å². The molecule has 0 spiro atoms. The molecule has 0 bridgehead atoms. The highest BCUT2D eigenvalue weighted by Crippen LogP contribution is 2.47. The number of hydrogen-bond donors (Lipinski definition) is 0. The van der Waals surface area contributed by atoms with Crippen molar-refractivity contribution in [2.45, 2.75) is 0 Å². The van der Waals surface area contributed by atoms with Gasteiger partial charge in [0, 0.05) is 33.2 Å². The Morgan fingerprint density at radius 1 is 0.339 bits per heavy atom. The molecule has 0 unspecified atom stereocenters. The molecular formula is C54H36N2. The summed E-state index contributed by atoms with van der Waals surface area (Å²) in [6.07, 6.45) is 0. The van der Waals surface area contributed by atoms with Crippen LogP contribution in [0.2, 0.25) is 0 Å². The zero-order valence-electron chi connectivity index (χ0n) is 30.7. The second kappa shape index (κ2) is 12.9. The molecule has 0 amide bonds. The van der Waals surface area contributed by atoms with Crippen LogP contribution in [0.1, 0.15) is 11.1 Å². The molecule has 9 aromatic carbocycles. The van der Waals surface area contributed by atoms with E-state index in [9.17, 15) is 0 Å². The lowest BCUT2D eigenvalue weighted by atomic mass is 10.00. The van der Waals surface area contributed by atoms with Crippen LogP contribution in [0.15, 0.2) is 213 Å². The SMILES string of the molecule is C=C1c2ccccc2-c2ccc(N(c3ccc(-c4ccc(-c5ccccc5)cc4)cc3)c3ccc4c(c3)c3ccccc3n4-c3cccc4ccccc34)cc21. The van der Waals surface area contributed by atoms with E-state index in [4.69, 9.17) is 0 Å². The minimum absolute atomic E-state index is 1.07. The molecule has 1 aliphatic carbocycles. The van der Waals surface area contributed by atoms with E-state index in [0.29, 0.717) is 0 Å². The number of benzene rings is 9. The van der Waals surface area contributed by atoms with Crippen molar-refractivity contribution in [3.8, 4) is 39.1 Å². The molecule has 0 aliphatic heterocycles. The average Bonchev–Trinajstić information content (AvgIpc) is 3.75. The number of anilines is 3. The number of rotatable bonds is 6. The van der Waals surface area contributed by atoms with E-state index >= 15 is 0 Å². The van der Waals surface area contributed by atoms with Crippen LogP contribution in [0.25, 0.3) is 77.2 Å². The third-order valence-corrected chi connectivity index (χ3v) is 11.5. The third-order valence-electron chi connectivity index (χ3n) is 11.5. The molecular weight excluding hydrogens is 677 g/mol. The van der Waals surface area contributed by atoms with Crippen LogP contribution in [-0.2, 0) is 0 Å². The first-order chi connectivity index (χ1) is 27.7. The van der Waals surface area contributed by atoms with Crippen LogP contribution in [0, 0.1) is 0 Å². The highest BCUT2D eigenvalue weighted by molar-refractivity contribution is 6.12. The van der Waals surface area contributed by atoms with E-state index in [1.807, 2.05) is 0 Å². The fraction of sp³-hybridized carbons (Fsp3) is 0. The molecule has 0 fully saturated rings. The molecule has 0 atom stereocenters. The number of nitrogens with zero attached hydrogens (tertiary/aromatic N) is 2. The van der Waals surface area contributed by atoms with Crippen molar-refractivity contribution >= 4 is 55.2 Å². The van der Waals surface area contributed by atoms with Crippen LogP contribution in [0.4, 0.5) is 17.1 Å². The van der Waals surface area contributed by atoms with Crippen LogP contribution >= 0.6 is 0 Å². The van der Waals surface area contributed by atoms with Gasteiger partial charge in [-0.05, 0) is 110 Å². The predicted molar refractivity (Wildman–Crippen MR) is 237 cm³/mol. The summed E-state index contributed by atoms with van der Waals surface area (Å²) in [5.41, 5.74) is 17.6. The summed E-state index contributed by atoms with van der Waals surface area (Å²) in [5.74, 6) is 0. The average molecular weight is 713 g/mol. The van der Waals surface area contributed by atoms with Gasteiger partial charge in [-0.3, -0.25) is 0 Å². The summed E-state index contributed by atoms with van der Waals surface area (Å²) in [6, 6.07) is 74.8. The molecule has 2 nitrogen and oxygen atoms in total. The summed E-state index contributed by atoms with van der Waals surface area (Å²) in [7, 11) is 0. The van der Waals surface area contributed by atoms with E-state index < -0.39 is 0 Å². The highest BCUT2D eigenvalue weighted by Gasteiger charge is 2.24. The topological polar surface area (TPSA) is 8.17 Å². The highest BCUT2D eigenvalue weighted by atomic mass is 15.1. The Morgan fingerprint density at radius 2 is 0.875 bits per heavy atom. The van der Waals surface area contributed by atoms with Gasteiger partial charge in [-0.15, -0.1) is 0 Å². The Morgan fingerprint density at radius 3 is 1.66 bits per heavy atom. The lowest BCUT2D eigenvalue weighted by Crippen LogP contribution is -2.10. The van der Waals surface area contributed by atoms with Gasteiger partial charge in [0.2, 0.25) is 0 Å². The molecule has 262 valence electrons. The first-order valence-corrected chi connectivity index (χ1v) is 19.2. The van der Waals surface area contributed by atoms with E-state index in [-0.39, 0.29) is 0 Å². The van der Waals surface area contributed by atoms with Gasteiger partial charge >= 0.3 is 0 Å². The Labute approximate surface area is 326 Å². The Bertz CT molecular complexity index is 3130. The minimum Gasteiger partial charge on any atom is -0.310 e. The quantitative estimate of drug-likeness (QED) is 0.167. The van der Waals surface area contributed by atoms with Gasteiger partial charge in [-0.2, -0.15) is 0 Å². The van der Waals surface area contributed by atoms with E-state index in [2.05, 4.69) is 222 Å².